The van der Waals surface area contributed by atoms with E-state index in [9.17, 15) is 0 Å². The Bertz CT molecular complexity index is 747. The Kier molecular flexibility index (Phi) is 9.40. The number of rotatable bonds is 8. The predicted octanol–water partition coefficient (Wildman–Crippen LogP) is 4.28. The summed E-state index contributed by atoms with van der Waals surface area (Å²) in [6, 6.07) is 16.2. The van der Waals surface area contributed by atoms with Crippen molar-refractivity contribution in [3.63, 3.8) is 0 Å². The monoisotopic (exact) mass is 495 g/mol. The van der Waals surface area contributed by atoms with Crippen LogP contribution in [0.2, 0.25) is 0 Å². The number of nitrogens with two attached hydrogens (primary N) is 1. The van der Waals surface area contributed by atoms with Crippen LogP contribution in [0.25, 0.3) is 0 Å². The van der Waals surface area contributed by atoms with E-state index in [1.165, 1.54) is 18.4 Å². The van der Waals surface area contributed by atoms with E-state index >= 15 is 0 Å². The van der Waals surface area contributed by atoms with Gasteiger partial charge in [-0.2, -0.15) is 0 Å². The molecule has 0 unspecified atom stereocenters. The Hall–Kier alpha value is -1.96. The van der Waals surface area contributed by atoms with Gasteiger partial charge < -0.3 is 20.5 Å². The largest absolute Gasteiger partial charge is 0.493 e. The summed E-state index contributed by atoms with van der Waals surface area (Å²) in [5.41, 5.74) is 8.31. The molecule has 0 heterocycles. The molecule has 1 saturated carbocycles. The third-order valence-corrected chi connectivity index (χ3v) is 4.85. The van der Waals surface area contributed by atoms with Crippen molar-refractivity contribution >= 4 is 29.9 Å². The molecule has 152 valence electrons. The minimum absolute atomic E-state index is 0. The lowest BCUT2D eigenvalue weighted by molar-refractivity contribution is 0.198. The van der Waals surface area contributed by atoms with Crippen LogP contribution >= 0.6 is 24.0 Å². The summed E-state index contributed by atoms with van der Waals surface area (Å²) in [6.45, 7) is 1.21. The van der Waals surface area contributed by atoms with E-state index in [1.54, 1.807) is 7.11 Å². The maximum Gasteiger partial charge on any atom is 0.188 e. The van der Waals surface area contributed by atoms with Crippen molar-refractivity contribution in [2.24, 2.45) is 10.7 Å². The molecular formula is C22H30IN3O2. The van der Waals surface area contributed by atoms with Gasteiger partial charge in [-0.3, -0.25) is 0 Å². The fourth-order valence-corrected chi connectivity index (χ4v) is 3.36. The molecule has 1 aliphatic carbocycles. The summed E-state index contributed by atoms with van der Waals surface area (Å²) < 4.78 is 11.7. The highest BCUT2D eigenvalue weighted by molar-refractivity contribution is 14.0. The lowest BCUT2D eigenvalue weighted by atomic mass is 10.1. The van der Waals surface area contributed by atoms with Crippen molar-refractivity contribution in [1.82, 2.24) is 5.32 Å². The lowest BCUT2D eigenvalue weighted by Crippen LogP contribution is -2.33. The fourth-order valence-electron chi connectivity index (χ4n) is 3.36. The predicted molar refractivity (Wildman–Crippen MR) is 125 cm³/mol. The molecule has 2 aromatic rings. The first-order valence-corrected chi connectivity index (χ1v) is 9.66. The van der Waals surface area contributed by atoms with Gasteiger partial charge in [0.15, 0.2) is 17.5 Å². The number of para-hydroxylation sites is 1. The highest BCUT2D eigenvalue weighted by Gasteiger charge is 2.20. The average molecular weight is 495 g/mol. The molecule has 0 saturated heterocycles. The van der Waals surface area contributed by atoms with Crippen LogP contribution in [0, 0.1) is 0 Å². The maximum absolute atomic E-state index is 6.24. The van der Waals surface area contributed by atoms with E-state index in [0.717, 1.165) is 42.9 Å². The Balaban J connectivity index is 0.00000280. The first-order valence-electron chi connectivity index (χ1n) is 9.66. The molecule has 1 aliphatic rings. The highest BCUT2D eigenvalue weighted by atomic mass is 127. The van der Waals surface area contributed by atoms with Crippen LogP contribution < -0.4 is 20.5 Å². The molecule has 0 radical (unpaired) electrons. The van der Waals surface area contributed by atoms with E-state index in [2.05, 4.69) is 22.4 Å². The quantitative estimate of drug-likeness (QED) is 0.326. The van der Waals surface area contributed by atoms with E-state index in [1.807, 2.05) is 36.4 Å². The van der Waals surface area contributed by atoms with Crippen LogP contribution in [0.4, 0.5) is 0 Å². The van der Waals surface area contributed by atoms with Gasteiger partial charge in [0.25, 0.3) is 0 Å². The standard InChI is InChI=1S/C22H29N3O2.HI/c1-26-20-13-7-10-18(21(20)27-19-11-5-6-12-19)16-25-22(23)24-15-14-17-8-3-2-4-9-17;/h2-4,7-10,13,19H,5-6,11-12,14-16H2,1H3,(H3,23,24,25);1H. The third-order valence-electron chi connectivity index (χ3n) is 4.85. The zero-order valence-corrected chi connectivity index (χ0v) is 18.7. The van der Waals surface area contributed by atoms with Crippen LogP contribution in [0.1, 0.15) is 36.8 Å². The number of hydrogen-bond acceptors (Lipinski definition) is 3. The maximum atomic E-state index is 6.24. The Morgan fingerprint density at radius 2 is 1.86 bits per heavy atom. The normalized spacial score (nSPS) is 14.4. The van der Waals surface area contributed by atoms with Gasteiger partial charge >= 0.3 is 0 Å². The minimum Gasteiger partial charge on any atom is -0.493 e. The second-order valence-corrected chi connectivity index (χ2v) is 6.84. The number of methoxy groups -OCH3 is 1. The topological polar surface area (TPSA) is 68.9 Å². The molecule has 2 aromatic carbocycles. The fraction of sp³-hybridized carbons (Fsp3) is 0.409. The van der Waals surface area contributed by atoms with Crippen molar-refractivity contribution in [3.8, 4) is 11.5 Å². The summed E-state index contributed by atoms with van der Waals surface area (Å²) >= 11 is 0. The number of nitrogens with zero attached hydrogens (tertiary/aromatic N) is 1. The van der Waals surface area contributed by atoms with Crippen molar-refractivity contribution in [1.29, 1.82) is 0 Å². The molecule has 0 aromatic heterocycles. The average Bonchev–Trinajstić information content (AvgIpc) is 3.21. The number of aliphatic imine (C=N–C) groups is 1. The van der Waals surface area contributed by atoms with E-state index in [-0.39, 0.29) is 30.1 Å². The van der Waals surface area contributed by atoms with Crippen LogP contribution in [0.15, 0.2) is 53.5 Å². The number of hydrogen-bond donors (Lipinski definition) is 2. The SMILES string of the molecule is COc1cccc(CN=C(N)NCCc2ccccc2)c1OC1CCCC1.I. The molecular weight excluding hydrogens is 465 g/mol. The molecule has 6 heteroatoms. The summed E-state index contributed by atoms with van der Waals surface area (Å²) in [6.07, 6.45) is 5.84. The molecule has 5 nitrogen and oxygen atoms in total. The van der Waals surface area contributed by atoms with Crippen molar-refractivity contribution < 1.29 is 9.47 Å². The van der Waals surface area contributed by atoms with Gasteiger partial charge in [0.2, 0.25) is 0 Å². The Labute approximate surface area is 184 Å². The van der Waals surface area contributed by atoms with E-state index < -0.39 is 0 Å². The molecule has 0 amide bonds. The lowest BCUT2D eigenvalue weighted by Gasteiger charge is -2.18. The van der Waals surface area contributed by atoms with Crippen LogP contribution in [0.5, 0.6) is 11.5 Å². The molecule has 0 spiro atoms. The number of nitrogens with one attached hydrogen (secondary N) is 1. The number of guanidine groups is 1. The number of benzene rings is 2. The van der Waals surface area contributed by atoms with Crippen LogP contribution in [-0.2, 0) is 13.0 Å². The van der Waals surface area contributed by atoms with Crippen molar-refractivity contribution in [2.75, 3.05) is 13.7 Å². The molecule has 3 rings (SSSR count). The summed E-state index contributed by atoms with van der Waals surface area (Å²) in [4.78, 5) is 4.48. The zero-order valence-electron chi connectivity index (χ0n) is 16.4. The zero-order chi connectivity index (χ0) is 18.9. The highest BCUT2D eigenvalue weighted by Crippen LogP contribution is 2.35. The Morgan fingerprint density at radius 1 is 1.11 bits per heavy atom. The van der Waals surface area contributed by atoms with Gasteiger partial charge in [-0.05, 0) is 43.7 Å². The molecule has 3 N–H and O–H groups in total. The van der Waals surface area contributed by atoms with Gasteiger partial charge in [-0.15, -0.1) is 24.0 Å². The van der Waals surface area contributed by atoms with Crippen molar-refractivity contribution in [3.05, 3.63) is 59.7 Å². The van der Waals surface area contributed by atoms with Crippen LogP contribution in [0.3, 0.4) is 0 Å². The molecule has 28 heavy (non-hydrogen) atoms. The van der Waals surface area contributed by atoms with Crippen molar-refractivity contribution in [2.45, 2.75) is 44.8 Å². The van der Waals surface area contributed by atoms with Crippen LogP contribution in [-0.4, -0.2) is 25.7 Å². The summed E-state index contributed by atoms with van der Waals surface area (Å²) in [7, 11) is 1.67. The molecule has 0 bridgehead atoms. The Morgan fingerprint density at radius 3 is 2.57 bits per heavy atom. The second kappa shape index (κ2) is 11.8. The third kappa shape index (κ3) is 6.58. The van der Waals surface area contributed by atoms with E-state index in [4.69, 9.17) is 15.2 Å². The number of halogens is 1. The van der Waals surface area contributed by atoms with Gasteiger partial charge in [0, 0.05) is 12.1 Å². The molecule has 1 fully saturated rings. The number of ether oxygens (including phenoxy) is 2. The second-order valence-electron chi connectivity index (χ2n) is 6.84. The van der Waals surface area contributed by atoms with E-state index in [0.29, 0.717) is 12.5 Å². The summed E-state index contributed by atoms with van der Waals surface area (Å²) in [5.74, 6) is 2.00. The summed E-state index contributed by atoms with van der Waals surface area (Å²) in [5, 5.41) is 3.18. The molecule has 0 atom stereocenters. The minimum atomic E-state index is 0. The van der Waals surface area contributed by atoms with Gasteiger partial charge in [0.1, 0.15) is 0 Å². The van der Waals surface area contributed by atoms with Gasteiger partial charge in [-0.1, -0.05) is 42.5 Å². The molecule has 0 aliphatic heterocycles. The first-order chi connectivity index (χ1) is 13.3. The van der Waals surface area contributed by atoms with Gasteiger partial charge in [0.05, 0.1) is 19.8 Å². The van der Waals surface area contributed by atoms with Gasteiger partial charge in [-0.25, -0.2) is 4.99 Å². The first kappa shape index (κ1) is 22.3. The smallest absolute Gasteiger partial charge is 0.188 e.